The van der Waals surface area contributed by atoms with Crippen LogP contribution in [0.1, 0.15) is 22.6 Å². The van der Waals surface area contributed by atoms with Gasteiger partial charge in [-0.1, -0.05) is 12.1 Å². The van der Waals surface area contributed by atoms with Gasteiger partial charge >= 0.3 is 5.97 Å². The second-order valence-corrected chi connectivity index (χ2v) is 8.68. The number of hydrogen-bond acceptors (Lipinski definition) is 7. The number of carbonyl (C=O) groups is 1. The summed E-state index contributed by atoms with van der Waals surface area (Å²) in [6, 6.07) is 7.57. The van der Waals surface area contributed by atoms with Crippen LogP contribution in [0, 0.1) is 0 Å². The van der Waals surface area contributed by atoms with Gasteiger partial charge in [0, 0.05) is 18.9 Å². The topological polar surface area (TPSA) is 62.1 Å². The van der Waals surface area contributed by atoms with Crippen molar-refractivity contribution in [1.29, 1.82) is 0 Å². The lowest BCUT2D eigenvalue weighted by Gasteiger charge is -2.27. The summed E-state index contributed by atoms with van der Waals surface area (Å²) in [5.41, 5.74) is -1.82. The van der Waals surface area contributed by atoms with E-state index in [0.29, 0.717) is 15.8 Å². The average Bonchev–Trinajstić information content (AvgIpc) is 3.26. The Balaban J connectivity index is 1.39. The number of esters is 1. The number of likely N-dealkylation sites (tertiary alicyclic amines) is 1. The van der Waals surface area contributed by atoms with Crippen molar-refractivity contribution < 1.29 is 19.4 Å². The molecule has 2 aromatic rings. The van der Waals surface area contributed by atoms with Gasteiger partial charge in [0.25, 0.3) is 0 Å². The van der Waals surface area contributed by atoms with E-state index in [1.807, 2.05) is 22.9 Å². The van der Waals surface area contributed by atoms with Crippen molar-refractivity contribution in [1.82, 2.24) is 4.90 Å². The molecule has 7 heteroatoms. The third kappa shape index (κ3) is 2.10. The van der Waals surface area contributed by atoms with Crippen LogP contribution in [0.5, 0.6) is 0 Å². The average molecular weight is 375 g/mol. The molecule has 4 atom stereocenters. The third-order valence-corrected chi connectivity index (χ3v) is 7.55. The highest BCUT2D eigenvalue weighted by molar-refractivity contribution is 7.12. The van der Waals surface area contributed by atoms with Crippen molar-refractivity contribution in [2.75, 3.05) is 7.05 Å². The van der Waals surface area contributed by atoms with E-state index < -0.39 is 11.6 Å². The lowest BCUT2D eigenvalue weighted by Crippen LogP contribution is -2.39. The quantitative estimate of drug-likeness (QED) is 0.643. The summed E-state index contributed by atoms with van der Waals surface area (Å²) in [6.07, 6.45) is 3.06. The number of rotatable bonds is 5. The lowest BCUT2D eigenvalue weighted by atomic mass is 10.00. The molecular formula is C18H17NO4S2. The highest BCUT2D eigenvalue weighted by Crippen LogP contribution is 2.60. The summed E-state index contributed by atoms with van der Waals surface area (Å²) in [5.74, 6) is 0.400. The predicted molar refractivity (Wildman–Crippen MR) is 94.2 cm³/mol. The van der Waals surface area contributed by atoms with Gasteiger partial charge < -0.3 is 14.6 Å². The van der Waals surface area contributed by atoms with E-state index in [4.69, 9.17) is 9.47 Å². The molecular weight excluding hydrogens is 358 g/mol. The molecule has 0 radical (unpaired) electrons. The second kappa shape index (κ2) is 5.17. The van der Waals surface area contributed by atoms with Crippen molar-refractivity contribution in [3.8, 4) is 0 Å². The number of piperidine rings is 1. The molecule has 5 nitrogen and oxygen atoms in total. The number of hydrogen-bond donors (Lipinski definition) is 1. The monoisotopic (exact) mass is 375 g/mol. The van der Waals surface area contributed by atoms with Crippen LogP contribution in [-0.2, 0) is 19.9 Å². The molecule has 5 rings (SSSR count). The zero-order chi connectivity index (χ0) is 17.2. The van der Waals surface area contributed by atoms with Gasteiger partial charge in [-0.05, 0) is 29.9 Å². The molecule has 3 unspecified atom stereocenters. The smallest absolute Gasteiger partial charge is 0.349 e. The highest BCUT2D eigenvalue weighted by Gasteiger charge is 2.71. The summed E-state index contributed by atoms with van der Waals surface area (Å²) in [5, 5.41) is 15.0. The van der Waals surface area contributed by atoms with Crippen LogP contribution in [0.4, 0.5) is 0 Å². The Morgan fingerprint density at radius 1 is 1.36 bits per heavy atom. The minimum Gasteiger partial charge on any atom is -0.460 e. The summed E-state index contributed by atoms with van der Waals surface area (Å²) in [7, 11) is 2.07. The molecule has 25 heavy (non-hydrogen) atoms. The number of nitrogens with zero attached hydrogens (tertiary/aromatic N) is 1. The molecule has 1 aliphatic carbocycles. The van der Waals surface area contributed by atoms with Crippen molar-refractivity contribution in [3.63, 3.8) is 0 Å². The van der Waals surface area contributed by atoms with E-state index in [-0.39, 0.29) is 11.6 Å². The first-order valence-corrected chi connectivity index (χ1v) is 9.94. The zero-order valence-corrected chi connectivity index (χ0v) is 15.2. The van der Waals surface area contributed by atoms with E-state index in [0.717, 1.165) is 18.6 Å². The molecule has 2 aliphatic heterocycles. The van der Waals surface area contributed by atoms with E-state index in [2.05, 4.69) is 11.9 Å². The largest absolute Gasteiger partial charge is 0.460 e. The van der Waals surface area contributed by atoms with Crippen LogP contribution in [0.2, 0.25) is 0 Å². The van der Waals surface area contributed by atoms with Crippen LogP contribution in [0.25, 0.3) is 0 Å². The van der Waals surface area contributed by atoms with Gasteiger partial charge in [0.1, 0.15) is 17.9 Å². The summed E-state index contributed by atoms with van der Waals surface area (Å²) >= 11 is 2.71. The first kappa shape index (κ1) is 15.6. The van der Waals surface area contributed by atoms with Crippen LogP contribution in [-0.4, -0.2) is 40.7 Å². The molecule has 1 saturated carbocycles. The fourth-order valence-electron chi connectivity index (χ4n) is 4.15. The molecule has 130 valence electrons. The first-order chi connectivity index (χ1) is 12.1. The van der Waals surface area contributed by atoms with Crippen LogP contribution in [0.15, 0.2) is 47.0 Å². The van der Waals surface area contributed by atoms with Crippen molar-refractivity contribution in [2.24, 2.45) is 0 Å². The summed E-state index contributed by atoms with van der Waals surface area (Å²) < 4.78 is 11.1. The van der Waals surface area contributed by atoms with Gasteiger partial charge in [-0.25, -0.2) is 4.79 Å². The normalized spacial score (nSPS) is 32.6. The molecule has 0 amide bonds. The first-order valence-electron chi connectivity index (χ1n) is 8.18. The second-order valence-electron chi connectivity index (χ2n) is 6.78. The van der Waals surface area contributed by atoms with Crippen molar-refractivity contribution >= 4 is 28.6 Å². The SMILES string of the molecule is CN1C2C[C@H](OC(=O)C(O)(c3cccs3)c3cccs3)CC21C1=CO1. The van der Waals surface area contributed by atoms with Gasteiger partial charge in [-0.15, -0.1) is 22.7 Å². The minimum absolute atomic E-state index is 0.0884. The number of likely N-dealkylation sites (N-methyl/N-ethyl adjacent to an activating group) is 1. The fraction of sp³-hybridized carbons (Fsp3) is 0.389. The Kier molecular flexibility index (Phi) is 3.22. The van der Waals surface area contributed by atoms with E-state index >= 15 is 0 Å². The van der Waals surface area contributed by atoms with Gasteiger partial charge in [0.05, 0.1) is 9.75 Å². The summed E-state index contributed by atoms with van der Waals surface area (Å²) in [6.45, 7) is 0. The number of ether oxygens (including phenoxy) is 2. The van der Waals surface area contributed by atoms with E-state index in [1.54, 1.807) is 18.4 Å². The number of thiophene rings is 2. The molecule has 2 fully saturated rings. The maximum absolute atomic E-state index is 13.0. The maximum Gasteiger partial charge on any atom is 0.349 e. The lowest BCUT2D eigenvalue weighted by molar-refractivity contribution is -0.167. The standard InChI is InChI=1S/C18H17NO4S2/c1-19-12-8-11(9-17(12,19)13-10-22-13)23-16(20)18(21,14-4-2-6-24-14)15-5-3-7-25-15/h2-7,10-12,21H,8-9H2,1H3/t11-,12?,17?,19?/m0/s1. The van der Waals surface area contributed by atoms with Crippen LogP contribution < -0.4 is 0 Å². The zero-order valence-electron chi connectivity index (χ0n) is 13.5. The van der Waals surface area contributed by atoms with Crippen LogP contribution >= 0.6 is 22.7 Å². The van der Waals surface area contributed by atoms with Crippen molar-refractivity contribution in [2.45, 2.75) is 36.1 Å². The number of fused-ring (bicyclic) bond motifs is 1. The Labute approximate surface area is 153 Å². The Hall–Kier alpha value is -1.67. The summed E-state index contributed by atoms with van der Waals surface area (Å²) in [4.78, 5) is 16.4. The third-order valence-electron chi connectivity index (χ3n) is 5.59. The maximum atomic E-state index is 13.0. The molecule has 0 aromatic carbocycles. The molecule has 0 bridgehead atoms. The molecule has 0 spiro atoms. The van der Waals surface area contributed by atoms with Crippen LogP contribution in [0.3, 0.4) is 0 Å². The number of aliphatic hydroxyl groups is 1. The molecule has 4 heterocycles. The van der Waals surface area contributed by atoms with Gasteiger partial charge in [-0.3, -0.25) is 4.90 Å². The Morgan fingerprint density at radius 2 is 2.00 bits per heavy atom. The highest BCUT2D eigenvalue weighted by atomic mass is 32.1. The van der Waals surface area contributed by atoms with Gasteiger partial charge in [0.15, 0.2) is 5.76 Å². The minimum atomic E-state index is -1.73. The molecule has 3 aliphatic rings. The molecule has 1 saturated heterocycles. The molecule has 2 aromatic heterocycles. The molecule has 1 N–H and O–H groups in total. The van der Waals surface area contributed by atoms with Crippen molar-refractivity contribution in [3.05, 3.63) is 56.8 Å². The van der Waals surface area contributed by atoms with Gasteiger partial charge in [0.2, 0.25) is 5.60 Å². The number of carbonyl (C=O) groups excluding carboxylic acids is 1. The Bertz CT molecular complexity index is 810. The van der Waals surface area contributed by atoms with E-state index in [1.165, 1.54) is 22.7 Å². The van der Waals surface area contributed by atoms with Gasteiger partial charge in [-0.2, -0.15) is 0 Å². The Morgan fingerprint density at radius 3 is 2.52 bits per heavy atom. The fourth-order valence-corrected chi connectivity index (χ4v) is 5.86. The predicted octanol–water partition coefficient (Wildman–Crippen LogP) is 2.68. The van der Waals surface area contributed by atoms with E-state index in [9.17, 15) is 9.90 Å².